The number of nitrogens with one attached hydrogen (secondary N) is 1. The summed E-state index contributed by atoms with van der Waals surface area (Å²) in [6.45, 7) is 0. The summed E-state index contributed by atoms with van der Waals surface area (Å²) in [5.74, 6) is 0.882. The third kappa shape index (κ3) is 3.37. The molecular formula is C21H16FNO3. The predicted molar refractivity (Wildman–Crippen MR) is 96.1 cm³/mol. The van der Waals surface area contributed by atoms with E-state index in [1.165, 1.54) is 12.1 Å². The van der Waals surface area contributed by atoms with Crippen molar-refractivity contribution in [3.63, 3.8) is 0 Å². The zero-order chi connectivity index (χ0) is 17.9. The third-order valence-electron chi connectivity index (χ3n) is 4.11. The van der Waals surface area contributed by atoms with Gasteiger partial charge in [0.15, 0.2) is 11.9 Å². The second kappa shape index (κ2) is 6.88. The van der Waals surface area contributed by atoms with Gasteiger partial charge in [-0.3, -0.25) is 4.79 Å². The van der Waals surface area contributed by atoms with E-state index < -0.39 is 6.10 Å². The van der Waals surface area contributed by atoms with Gasteiger partial charge >= 0.3 is 0 Å². The maximum atomic E-state index is 13.3. The van der Waals surface area contributed by atoms with Crippen LogP contribution in [-0.2, 0) is 11.2 Å². The predicted octanol–water partition coefficient (Wildman–Crippen LogP) is 4.56. The van der Waals surface area contributed by atoms with Crippen LogP contribution in [0.25, 0.3) is 0 Å². The number of halogens is 1. The second-order valence-corrected chi connectivity index (χ2v) is 5.96. The molecule has 0 saturated heterocycles. The fraction of sp³-hybridized carbons (Fsp3) is 0.0952. The fourth-order valence-corrected chi connectivity index (χ4v) is 2.86. The van der Waals surface area contributed by atoms with Crippen molar-refractivity contribution in [3.8, 4) is 17.2 Å². The van der Waals surface area contributed by atoms with Gasteiger partial charge in [-0.2, -0.15) is 0 Å². The van der Waals surface area contributed by atoms with Gasteiger partial charge in [-0.15, -0.1) is 0 Å². The monoisotopic (exact) mass is 349 g/mol. The van der Waals surface area contributed by atoms with E-state index >= 15 is 0 Å². The molecule has 0 aromatic heterocycles. The van der Waals surface area contributed by atoms with E-state index in [-0.39, 0.29) is 11.7 Å². The van der Waals surface area contributed by atoms with Gasteiger partial charge in [0, 0.05) is 12.5 Å². The second-order valence-electron chi connectivity index (χ2n) is 5.96. The van der Waals surface area contributed by atoms with Crippen LogP contribution in [0.3, 0.4) is 0 Å². The first-order valence-corrected chi connectivity index (χ1v) is 8.27. The molecule has 1 aliphatic rings. The Morgan fingerprint density at radius 2 is 1.85 bits per heavy atom. The first-order valence-electron chi connectivity index (χ1n) is 8.27. The quantitative estimate of drug-likeness (QED) is 0.751. The van der Waals surface area contributed by atoms with Crippen LogP contribution in [-0.4, -0.2) is 12.0 Å². The van der Waals surface area contributed by atoms with Crippen LogP contribution in [0.5, 0.6) is 17.2 Å². The van der Waals surface area contributed by atoms with Crippen molar-refractivity contribution in [1.29, 1.82) is 0 Å². The zero-order valence-electron chi connectivity index (χ0n) is 13.8. The highest BCUT2D eigenvalue weighted by atomic mass is 19.1. The van der Waals surface area contributed by atoms with Gasteiger partial charge in [0.1, 0.15) is 17.3 Å². The Bertz CT molecular complexity index is 932. The van der Waals surface area contributed by atoms with Gasteiger partial charge in [0.05, 0.1) is 5.69 Å². The van der Waals surface area contributed by atoms with E-state index in [1.807, 2.05) is 24.3 Å². The van der Waals surface area contributed by atoms with Gasteiger partial charge in [0.25, 0.3) is 5.91 Å². The van der Waals surface area contributed by atoms with E-state index in [2.05, 4.69) is 5.32 Å². The number of fused-ring (bicyclic) bond motifs is 1. The van der Waals surface area contributed by atoms with Crippen LogP contribution in [0.2, 0.25) is 0 Å². The van der Waals surface area contributed by atoms with Gasteiger partial charge in [-0.1, -0.05) is 36.4 Å². The van der Waals surface area contributed by atoms with Crippen molar-refractivity contribution in [1.82, 2.24) is 0 Å². The summed E-state index contributed by atoms with van der Waals surface area (Å²) in [7, 11) is 0. The summed E-state index contributed by atoms with van der Waals surface area (Å²) in [6.07, 6.45) is -0.0656. The number of hydrogen-bond donors (Lipinski definition) is 1. The standard InChI is InChI=1S/C21H16FNO3/c22-15-7-5-8-16(13-15)25-19-11-4-2-9-17(19)23-21(24)20-12-14-6-1-3-10-18(14)26-20/h1-11,13,20H,12H2,(H,23,24). The van der Waals surface area contributed by atoms with Crippen molar-refractivity contribution in [2.45, 2.75) is 12.5 Å². The van der Waals surface area contributed by atoms with Crippen molar-refractivity contribution in [3.05, 3.63) is 84.2 Å². The highest BCUT2D eigenvalue weighted by Gasteiger charge is 2.29. The molecule has 1 heterocycles. The van der Waals surface area contributed by atoms with Crippen LogP contribution >= 0.6 is 0 Å². The number of ether oxygens (including phenoxy) is 2. The summed E-state index contributed by atoms with van der Waals surface area (Å²) in [6, 6.07) is 20.5. The molecule has 5 heteroatoms. The number of anilines is 1. The average molecular weight is 349 g/mol. The molecule has 0 radical (unpaired) electrons. The Kier molecular flexibility index (Phi) is 4.27. The number of carbonyl (C=O) groups is 1. The third-order valence-corrected chi connectivity index (χ3v) is 4.11. The molecule has 0 bridgehead atoms. The molecule has 3 aromatic rings. The minimum absolute atomic E-state index is 0.253. The fourth-order valence-electron chi connectivity index (χ4n) is 2.86. The molecule has 1 amide bonds. The molecule has 1 N–H and O–H groups in total. The van der Waals surface area contributed by atoms with Crippen molar-refractivity contribution >= 4 is 11.6 Å². The number of para-hydroxylation sites is 3. The van der Waals surface area contributed by atoms with E-state index in [0.29, 0.717) is 23.6 Å². The molecule has 0 spiro atoms. The molecule has 1 aliphatic heterocycles. The Morgan fingerprint density at radius 1 is 1.04 bits per heavy atom. The smallest absolute Gasteiger partial charge is 0.265 e. The SMILES string of the molecule is O=C(Nc1ccccc1Oc1cccc(F)c1)C1Cc2ccccc2O1. The Hall–Kier alpha value is -3.34. The lowest BCUT2D eigenvalue weighted by Gasteiger charge is -2.15. The average Bonchev–Trinajstić information content (AvgIpc) is 3.08. The normalized spacial score (nSPS) is 15.0. The molecule has 4 rings (SSSR count). The van der Waals surface area contributed by atoms with Crippen molar-refractivity contribution in [2.24, 2.45) is 0 Å². The van der Waals surface area contributed by atoms with E-state index in [4.69, 9.17) is 9.47 Å². The molecule has 0 fully saturated rings. The number of carbonyl (C=O) groups excluding carboxylic acids is 1. The number of hydrogen-bond acceptors (Lipinski definition) is 3. The maximum Gasteiger partial charge on any atom is 0.265 e. The van der Waals surface area contributed by atoms with E-state index in [9.17, 15) is 9.18 Å². The van der Waals surface area contributed by atoms with Gasteiger partial charge in [-0.25, -0.2) is 4.39 Å². The minimum atomic E-state index is -0.588. The van der Waals surface area contributed by atoms with Crippen molar-refractivity contribution < 1.29 is 18.7 Å². The van der Waals surface area contributed by atoms with Crippen LogP contribution in [0.4, 0.5) is 10.1 Å². The first kappa shape index (κ1) is 16.1. The Balaban J connectivity index is 1.49. The summed E-state index contributed by atoms with van der Waals surface area (Å²) in [4.78, 5) is 12.6. The molecule has 4 nitrogen and oxygen atoms in total. The topological polar surface area (TPSA) is 47.6 Å². The van der Waals surface area contributed by atoms with E-state index in [1.54, 1.807) is 36.4 Å². The van der Waals surface area contributed by atoms with Gasteiger partial charge in [-0.05, 0) is 35.9 Å². The van der Waals surface area contributed by atoms with Gasteiger partial charge < -0.3 is 14.8 Å². The molecule has 1 atom stereocenters. The number of benzene rings is 3. The zero-order valence-corrected chi connectivity index (χ0v) is 13.8. The molecule has 130 valence electrons. The van der Waals surface area contributed by atoms with Crippen LogP contribution in [0, 0.1) is 5.82 Å². The lowest BCUT2D eigenvalue weighted by Crippen LogP contribution is -2.31. The van der Waals surface area contributed by atoms with E-state index in [0.717, 1.165) is 11.3 Å². The van der Waals surface area contributed by atoms with Crippen LogP contribution in [0.15, 0.2) is 72.8 Å². The highest BCUT2D eigenvalue weighted by Crippen LogP contribution is 2.32. The summed E-state index contributed by atoms with van der Waals surface area (Å²) in [5, 5.41) is 2.84. The molecule has 26 heavy (non-hydrogen) atoms. The highest BCUT2D eigenvalue weighted by molar-refractivity contribution is 5.96. The molecule has 0 saturated carbocycles. The minimum Gasteiger partial charge on any atom is -0.480 e. The summed E-state index contributed by atoms with van der Waals surface area (Å²) < 4.78 is 24.8. The Labute approximate surface area is 150 Å². The summed E-state index contributed by atoms with van der Waals surface area (Å²) >= 11 is 0. The number of amides is 1. The summed E-state index contributed by atoms with van der Waals surface area (Å²) in [5.41, 5.74) is 1.51. The first-order chi connectivity index (χ1) is 12.7. The Morgan fingerprint density at radius 3 is 2.69 bits per heavy atom. The molecule has 0 aliphatic carbocycles. The maximum absolute atomic E-state index is 13.3. The lowest BCUT2D eigenvalue weighted by molar-refractivity contribution is -0.122. The largest absolute Gasteiger partial charge is 0.480 e. The lowest BCUT2D eigenvalue weighted by atomic mass is 10.1. The van der Waals surface area contributed by atoms with Gasteiger partial charge in [0.2, 0.25) is 0 Å². The molecule has 3 aromatic carbocycles. The van der Waals surface area contributed by atoms with Crippen LogP contribution < -0.4 is 14.8 Å². The van der Waals surface area contributed by atoms with Crippen LogP contribution in [0.1, 0.15) is 5.56 Å². The van der Waals surface area contributed by atoms with Crippen molar-refractivity contribution in [2.75, 3.05) is 5.32 Å². The number of rotatable bonds is 4. The molecular weight excluding hydrogens is 333 g/mol. The molecule has 1 unspecified atom stereocenters.